The van der Waals surface area contributed by atoms with Crippen molar-refractivity contribution in [1.82, 2.24) is 0 Å². The molecule has 110 valence electrons. The molecule has 0 aliphatic carbocycles. The van der Waals surface area contributed by atoms with Gasteiger partial charge in [0.2, 0.25) is 0 Å². The summed E-state index contributed by atoms with van der Waals surface area (Å²) >= 11 is 3.52. The summed E-state index contributed by atoms with van der Waals surface area (Å²) in [6.07, 6.45) is 0.940. The van der Waals surface area contributed by atoms with Crippen molar-refractivity contribution in [3.05, 3.63) is 69.2 Å². The van der Waals surface area contributed by atoms with Crippen LogP contribution in [0.1, 0.15) is 39.9 Å². The summed E-state index contributed by atoms with van der Waals surface area (Å²) in [7, 11) is 1.41. The Morgan fingerprint density at radius 3 is 2.71 bits per heavy atom. The van der Waals surface area contributed by atoms with Crippen molar-refractivity contribution in [3.8, 4) is 0 Å². The molecule has 1 unspecified atom stereocenters. The Kier molecular flexibility index (Phi) is 5.18. The highest BCUT2D eigenvalue weighted by atomic mass is 79.9. The Morgan fingerprint density at radius 1 is 1.24 bits per heavy atom. The monoisotopic (exact) mass is 346 g/mol. The number of benzene rings is 2. The highest BCUT2D eigenvalue weighted by molar-refractivity contribution is 9.10. The topological polar surface area (TPSA) is 26.3 Å². The molecular weight excluding hydrogens is 328 g/mol. The normalized spacial score (nSPS) is 12.0. The summed E-state index contributed by atoms with van der Waals surface area (Å²) in [4.78, 5) is 11.6. The van der Waals surface area contributed by atoms with E-state index in [2.05, 4.69) is 54.0 Å². The summed E-state index contributed by atoms with van der Waals surface area (Å²) in [5.41, 5.74) is 4.36. The number of carbonyl (C=O) groups is 1. The van der Waals surface area contributed by atoms with Gasteiger partial charge in [0.05, 0.1) is 12.7 Å². The highest BCUT2D eigenvalue weighted by Crippen LogP contribution is 2.25. The van der Waals surface area contributed by atoms with E-state index in [1.54, 1.807) is 6.07 Å². The first-order valence-corrected chi connectivity index (χ1v) is 7.74. The van der Waals surface area contributed by atoms with Crippen LogP contribution in [-0.2, 0) is 11.2 Å². The largest absolute Gasteiger partial charge is 0.465 e. The molecule has 0 heterocycles. The van der Waals surface area contributed by atoms with Crippen LogP contribution in [0.4, 0.5) is 0 Å². The molecule has 3 heteroatoms. The number of methoxy groups -OCH3 is 1. The van der Waals surface area contributed by atoms with E-state index >= 15 is 0 Å². The van der Waals surface area contributed by atoms with E-state index in [0.29, 0.717) is 11.5 Å². The van der Waals surface area contributed by atoms with E-state index in [4.69, 9.17) is 4.74 Å². The molecule has 0 bridgehead atoms. The second kappa shape index (κ2) is 6.90. The number of halogens is 1. The van der Waals surface area contributed by atoms with Crippen molar-refractivity contribution in [3.63, 3.8) is 0 Å². The van der Waals surface area contributed by atoms with Gasteiger partial charge in [-0.3, -0.25) is 0 Å². The standard InChI is InChI=1S/C18H19BrO2/c1-12-7-8-17(19)11-16(12)9-13(2)14-5-4-6-15(10-14)18(20)21-3/h4-8,10-11,13H,9H2,1-3H3. The third kappa shape index (κ3) is 3.94. The first kappa shape index (κ1) is 15.8. The lowest BCUT2D eigenvalue weighted by Crippen LogP contribution is -2.05. The fourth-order valence-corrected chi connectivity index (χ4v) is 2.81. The minimum absolute atomic E-state index is 0.289. The van der Waals surface area contributed by atoms with Gasteiger partial charge in [-0.2, -0.15) is 0 Å². The van der Waals surface area contributed by atoms with Gasteiger partial charge in [-0.25, -0.2) is 4.79 Å². The zero-order chi connectivity index (χ0) is 15.4. The van der Waals surface area contributed by atoms with Gasteiger partial charge in [-0.1, -0.05) is 41.1 Å². The molecule has 1 atom stereocenters. The molecule has 0 saturated carbocycles. The van der Waals surface area contributed by atoms with Crippen LogP contribution in [0.15, 0.2) is 46.9 Å². The van der Waals surface area contributed by atoms with Gasteiger partial charge in [0, 0.05) is 4.47 Å². The third-order valence-electron chi connectivity index (χ3n) is 3.71. The van der Waals surface area contributed by atoms with Crippen LogP contribution in [-0.4, -0.2) is 13.1 Å². The van der Waals surface area contributed by atoms with Crippen LogP contribution in [0, 0.1) is 6.92 Å². The van der Waals surface area contributed by atoms with Crippen LogP contribution in [0.25, 0.3) is 0 Å². The fourth-order valence-electron chi connectivity index (χ4n) is 2.40. The van der Waals surface area contributed by atoms with Crippen molar-refractivity contribution in [1.29, 1.82) is 0 Å². The van der Waals surface area contributed by atoms with Crippen molar-refractivity contribution in [2.75, 3.05) is 7.11 Å². The molecule has 0 amide bonds. The molecule has 0 spiro atoms. The van der Waals surface area contributed by atoms with Crippen molar-refractivity contribution in [2.24, 2.45) is 0 Å². The van der Waals surface area contributed by atoms with Crippen molar-refractivity contribution in [2.45, 2.75) is 26.2 Å². The van der Waals surface area contributed by atoms with Gasteiger partial charge < -0.3 is 4.74 Å². The molecule has 2 rings (SSSR count). The summed E-state index contributed by atoms with van der Waals surface area (Å²) in [5.74, 6) is 0.0466. The number of esters is 1. The van der Waals surface area contributed by atoms with E-state index < -0.39 is 0 Å². The maximum absolute atomic E-state index is 11.6. The van der Waals surface area contributed by atoms with Gasteiger partial charge in [-0.05, 0) is 60.2 Å². The van der Waals surface area contributed by atoms with E-state index in [9.17, 15) is 4.79 Å². The Morgan fingerprint density at radius 2 is 2.00 bits per heavy atom. The van der Waals surface area contributed by atoms with Crippen LogP contribution in [0.2, 0.25) is 0 Å². The highest BCUT2D eigenvalue weighted by Gasteiger charge is 2.12. The van der Waals surface area contributed by atoms with Gasteiger partial charge in [0.25, 0.3) is 0 Å². The number of hydrogen-bond acceptors (Lipinski definition) is 2. The molecule has 0 saturated heterocycles. The smallest absolute Gasteiger partial charge is 0.337 e. The zero-order valence-corrected chi connectivity index (χ0v) is 14.1. The molecule has 2 nitrogen and oxygen atoms in total. The molecule has 0 aliphatic heterocycles. The second-order valence-electron chi connectivity index (χ2n) is 5.29. The Balaban J connectivity index is 2.22. The molecular formula is C18H19BrO2. The van der Waals surface area contributed by atoms with Gasteiger partial charge in [0.1, 0.15) is 0 Å². The number of aryl methyl sites for hydroxylation is 1. The number of ether oxygens (including phenoxy) is 1. The van der Waals surface area contributed by atoms with E-state index in [-0.39, 0.29) is 5.97 Å². The maximum Gasteiger partial charge on any atom is 0.337 e. The minimum atomic E-state index is -0.289. The molecule has 0 N–H and O–H groups in total. The average Bonchev–Trinajstić information content (AvgIpc) is 2.50. The molecule has 0 fully saturated rings. The first-order chi connectivity index (χ1) is 10.0. The number of carbonyl (C=O) groups excluding carboxylic acids is 1. The van der Waals surface area contributed by atoms with Crippen molar-refractivity contribution < 1.29 is 9.53 Å². The van der Waals surface area contributed by atoms with Crippen LogP contribution < -0.4 is 0 Å². The molecule has 2 aromatic rings. The lowest BCUT2D eigenvalue weighted by molar-refractivity contribution is 0.0600. The van der Waals surface area contributed by atoms with E-state index in [1.165, 1.54) is 18.2 Å². The summed E-state index contributed by atoms with van der Waals surface area (Å²) in [6.45, 7) is 4.30. The Bertz CT molecular complexity index is 649. The SMILES string of the molecule is COC(=O)c1cccc(C(C)Cc2cc(Br)ccc2C)c1. The van der Waals surface area contributed by atoms with E-state index in [0.717, 1.165) is 16.5 Å². The predicted octanol–water partition coefficient (Wildman–Crippen LogP) is 4.89. The van der Waals surface area contributed by atoms with Crippen molar-refractivity contribution >= 4 is 21.9 Å². The van der Waals surface area contributed by atoms with Crippen LogP contribution in [0.3, 0.4) is 0 Å². The lowest BCUT2D eigenvalue weighted by atomic mass is 9.91. The van der Waals surface area contributed by atoms with Crippen LogP contribution >= 0.6 is 15.9 Å². The number of rotatable bonds is 4. The van der Waals surface area contributed by atoms with Gasteiger partial charge in [-0.15, -0.1) is 0 Å². The van der Waals surface area contributed by atoms with Crippen LogP contribution in [0.5, 0.6) is 0 Å². The van der Waals surface area contributed by atoms with Gasteiger partial charge >= 0.3 is 5.97 Å². The predicted molar refractivity (Wildman–Crippen MR) is 88.8 cm³/mol. The zero-order valence-electron chi connectivity index (χ0n) is 12.5. The molecule has 0 aromatic heterocycles. The average molecular weight is 347 g/mol. The Labute approximate surface area is 134 Å². The maximum atomic E-state index is 11.6. The number of hydrogen-bond donors (Lipinski definition) is 0. The summed E-state index contributed by atoms with van der Waals surface area (Å²) in [6, 6.07) is 14.0. The fraction of sp³-hybridized carbons (Fsp3) is 0.278. The Hall–Kier alpha value is -1.61. The second-order valence-corrected chi connectivity index (χ2v) is 6.21. The molecule has 21 heavy (non-hydrogen) atoms. The quantitative estimate of drug-likeness (QED) is 0.736. The first-order valence-electron chi connectivity index (χ1n) is 6.94. The van der Waals surface area contributed by atoms with E-state index in [1.807, 2.05) is 12.1 Å². The summed E-state index contributed by atoms with van der Waals surface area (Å²) in [5, 5.41) is 0. The molecule has 0 radical (unpaired) electrons. The summed E-state index contributed by atoms with van der Waals surface area (Å²) < 4.78 is 5.87. The molecule has 0 aliphatic rings. The minimum Gasteiger partial charge on any atom is -0.465 e. The molecule has 2 aromatic carbocycles. The third-order valence-corrected chi connectivity index (χ3v) is 4.21. The lowest BCUT2D eigenvalue weighted by Gasteiger charge is -2.15. The van der Waals surface area contributed by atoms with Gasteiger partial charge in [0.15, 0.2) is 0 Å².